The second kappa shape index (κ2) is 13.4. The molecule has 4 rings (SSSR count). The van der Waals surface area contributed by atoms with Gasteiger partial charge in [-0.1, -0.05) is 56.9 Å². The minimum atomic E-state index is -0.948. The first kappa shape index (κ1) is 27.6. The first-order chi connectivity index (χ1) is 18.0. The van der Waals surface area contributed by atoms with E-state index in [2.05, 4.69) is 6.92 Å². The molecule has 0 unspecified atom stereocenters. The second-order valence-corrected chi connectivity index (χ2v) is 10.9. The largest absolute Gasteiger partial charge is 0.491 e. The molecule has 2 aromatic carbocycles. The second-order valence-electron chi connectivity index (χ2n) is 10.9. The fraction of sp³-hybridized carbons (Fsp3) is 0.594. The van der Waals surface area contributed by atoms with Crippen molar-refractivity contribution in [2.24, 2.45) is 11.8 Å². The molecule has 0 saturated heterocycles. The molecule has 0 atom stereocenters. The minimum Gasteiger partial charge on any atom is -0.491 e. The lowest BCUT2D eigenvalue weighted by molar-refractivity contribution is -0.157. The third-order valence-electron chi connectivity index (χ3n) is 8.39. The zero-order valence-electron chi connectivity index (χ0n) is 22.4. The van der Waals surface area contributed by atoms with Crippen molar-refractivity contribution in [2.45, 2.75) is 103 Å². The van der Waals surface area contributed by atoms with Crippen LogP contribution in [0.3, 0.4) is 0 Å². The standard InChI is InChI=1S/C32H42F2O3/c1-3-5-6-7-22-8-10-26(11-9-22)32(35)37-27-18-16-24(17-19-27)23-12-14-25(15-13-23)28-20-21-29(36-4-2)31(34)30(28)33/h12-15,20-22,24,26-27H,3-11,16-19H2,1-2H3. The predicted molar refractivity (Wildman–Crippen MR) is 144 cm³/mol. The Morgan fingerprint density at radius 3 is 2.19 bits per heavy atom. The van der Waals surface area contributed by atoms with Gasteiger partial charge in [0.05, 0.1) is 12.5 Å². The Labute approximate surface area is 220 Å². The summed E-state index contributed by atoms with van der Waals surface area (Å²) in [6.45, 7) is 4.26. The van der Waals surface area contributed by atoms with E-state index in [0.29, 0.717) is 11.5 Å². The molecule has 0 aliphatic heterocycles. The van der Waals surface area contributed by atoms with Crippen molar-refractivity contribution in [1.82, 2.24) is 0 Å². The summed E-state index contributed by atoms with van der Waals surface area (Å²) in [6.07, 6.45) is 13.2. The van der Waals surface area contributed by atoms with Gasteiger partial charge in [-0.15, -0.1) is 0 Å². The molecule has 0 radical (unpaired) electrons. The monoisotopic (exact) mass is 512 g/mol. The van der Waals surface area contributed by atoms with Crippen LogP contribution in [0, 0.1) is 23.5 Å². The van der Waals surface area contributed by atoms with E-state index in [4.69, 9.17) is 9.47 Å². The van der Waals surface area contributed by atoms with Crippen LogP contribution in [0.1, 0.15) is 102 Å². The molecule has 0 bridgehead atoms. The molecule has 2 fully saturated rings. The van der Waals surface area contributed by atoms with Crippen molar-refractivity contribution in [3.05, 3.63) is 53.6 Å². The first-order valence-corrected chi connectivity index (χ1v) is 14.4. The number of hydrogen-bond donors (Lipinski definition) is 0. The van der Waals surface area contributed by atoms with Gasteiger partial charge in [0, 0.05) is 5.56 Å². The SMILES string of the molecule is CCCCCC1CCC(C(=O)OC2CCC(c3ccc(-c4ccc(OCC)c(F)c4F)cc3)CC2)CC1. The number of benzene rings is 2. The number of unbranched alkanes of at least 4 members (excludes halogenated alkanes) is 2. The maximum Gasteiger partial charge on any atom is 0.309 e. The van der Waals surface area contributed by atoms with Crippen LogP contribution in [0.2, 0.25) is 0 Å². The van der Waals surface area contributed by atoms with Gasteiger partial charge in [-0.05, 0) is 93.4 Å². The molecule has 2 aliphatic rings. The van der Waals surface area contributed by atoms with E-state index in [-0.39, 0.29) is 35.9 Å². The van der Waals surface area contributed by atoms with Crippen LogP contribution < -0.4 is 4.74 Å². The third kappa shape index (κ3) is 7.12. The number of rotatable bonds is 10. The number of esters is 1. The Morgan fingerprint density at radius 1 is 0.838 bits per heavy atom. The molecule has 0 amide bonds. The van der Waals surface area contributed by atoms with E-state index in [1.54, 1.807) is 13.0 Å². The zero-order valence-corrected chi connectivity index (χ0v) is 22.4. The highest BCUT2D eigenvalue weighted by Crippen LogP contribution is 2.38. The minimum absolute atomic E-state index is 0.0180. The molecular weight excluding hydrogens is 470 g/mol. The van der Waals surface area contributed by atoms with Gasteiger partial charge in [0.25, 0.3) is 0 Å². The Hall–Kier alpha value is -2.43. The van der Waals surface area contributed by atoms with Gasteiger partial charge in [-0.2, -0.15) is 4.39 Å². The third-order valence-corrected chi connectivity index (χ3v) is 8.39. The lowest BCUT2D eigenvalue weighted by Crippen LogP contribution is -2.29. The van der Waals surface area contributed by atoms with E-state index in [1.807, 2.05) is 24.3 Å². The quantitative estimate of drug-likeness (QED) is 0.235. The van der Waals surface area contributed by atoms with E-state index in [9.17, 15) is 13.6 Å². The normalized spacial score (nSPS) is 24.0. The average molecular weight is 513 g/mol. The van der Waals surface area contributed by atoms with Crippen molar-refractivity contribution in [3.63, 3.8) is 0 Å². The summed E-state index contributed by atoms with van der Waals surface area (Å²) in [5, 5.41) is 0. The summed E-state index contributed by atoms with van der Waals surface area (Å²) in [5.41, 5.74) is 2.07. The van der Waals surface area contributed by atoms with E-state index in [0.717, 1.165) is 44.4 Å². The number of carbonyl (C=O) groups is 1. The van der Waals surface area contributed by atoms with Crippen molar-refractivity contribution in [1.29, 1.82) is 0 Å². The maximum atomic E-state index is 14.6. The van der Waals surface area contributed by atoms with Crippen molar-refractivity contribution in [3.8, 4) is 16.9 Å². The van der Waals surface area contributed by atoms with Gasteiger partial charge < -0.3 is 9.47 Å². The first-order valence-electron chi connectivity index (χ1n) is 14.4. The smallest absolute Gasteiger partial charge is 0.309 e. The van der Waals surface area contributed by atoms with Crippen LogP contribution in [-0.4, -0.2) is 18.7 Å². The van der Waals surface area contributed by atoms with E-state index >= 15 is 0 Å². The molecule has 3 nitrogen and oxygen atoms in total. The van der Waals surface area contributed by atoms with Crippen molar-refractivity contribution < 1.29 is 23.0 Å². The van der Waals surface area contributed by atoms with Crippen molar-refractivity contribution in [2.75, 3.05) is 6.61 Å². The lowest BCUT2D eigenvalue weighted by Gasteiger charge is -2.32. The topological polar surface area (TPSA) is 35.5 Å². The van der Waals surface area contributed by atoms with Crippen LogP contribution in [0.4, 0.5) is 8.78 Å². The van der Waals surface area contributed by atoms with Crippen molar-refractivity contribution >= 4 is 5.97 Å². The number of carbonyl (C=O) groups excluding carboxylic acids is 1. The summed E-state index contributed by atoms with van der Waals surface area (Å²) in [6, 6.07) is 10.8. The highest BCUT2D eigenvalue weighted by Gasteiger charge is 2.31. The Morgan fingerprint density at radius 2 is 1.54 bits per heavy atom. The number of halogens is 2. The van der Waals surface area contributed by atoms with Crippen LogP contribution in [0.25, 0.3) is 11.1 Å². The fourth-order valence-corrected chi connectivity index (χ4v) is 6.10. The zero-order chi connectivity index (χ0) is 26.2. The number of ether oxygens (including phenoxy) is 2. The van der Waals surface area contributed by atoms with Gasteiger partial charge in [0.1, 0.15) is 6.10 Å². The number of hydrogen-bond acceptors (Lipinski definition) is 3. The highest BCUT2D eigenvalue weighted by atomic mass is 19.2. The molecule has 2 aliphatic carbocycles. The van der Waals surface area contributed by atoms with Gasteiger partial charge >= 0.3 is 5.97 Å². The molecular formula is C32H42F2O3. The molecule has 0 N–H and O–H groups in total. The molecule has 0 heterocycles. The summed E-state index contributed by atoms with van der Waals surface area (Å²) in [5.74, 6) is -0.605. The van der Waals surface area contributed by atoms with Gasteiger partial charge in [0.2, 0.25) is 5.82 Å². The van der Waals surface area contributed by atoms with E-state index in [1.165, 1.54) is 50.2 Å². The van der Waals surface area contributed by atoms with Gasteiger partial charge in [-0.25, -0.2) is 4.39 Å². The predicted octanol–water partition coefficient (Wildman–Crippen LogP) is 8.99. The van der Waals surface area contributed by atoms with Crippen LogP contribution >= 0.6 is 0 Å². The summed E-state index contributed by atoms with van der Waals surface area (Å²) < 4.78 is 40.0. The average Bonchev–Trinajstić information content (AvgIpc) is 2.93. The molecule has 5 heteroatoms. The van der Waals surface area contributed by atoms with Crippen LogP contribution in [0.15, 0.2) is 36.4 Å². The van der Waals surface area contributed by atoms with Crippen LogP contribution in [0.5, 0.6) is 5.75 Å². The molecule has 0 aromatic heterocycles. The Balaban J connectivity index is 1.24. The summed E-state index contributed by atoms with van der Waals surface area (Å²) in [7, 11) is 0. The van der Waals surface area contributed by atoms with Gasteiger partial charge in [-0.3, -0.25) is 4.79 Å². The molecule has 0 spiro atoms. The maximum absolute atomic E-state index is 14.6. The Kier molecular flexibility index (Phi) is 9.99. The van der Waals surface area contributed by atoms with E-state index < -0.39 is 11.6 Å². The highest BCUT2D eigenvalue weighted by molar-refractivity contribution is 5.72. The molecule has 2 saturated carbocycles. The Bertz CT molecular complexity index is 1000. The molecule has 202 valence electrons. The lowest BCUT2D eigenvalue weighted by atomic mass is 9.79. The molecule has 37 heavy (non-hydrogen) atoms. The summed E-state index contributed by atoms with van der Waals surface area (Å²) >= 11 is 0. The molecule has 2 aromatic rings. The summed E-state index contributed by atoms with van der Waals surface area (Å²) in [4.78, 5) is 12.8. The van der Waals surface area contributed by atoms with Gasteiger partial charge in [0.15, 0.2) is 11.6 Å². The van der Waals surface area contributed by atoms with Crippen LogP contribution in [-0.2, 0) is 9.53 Å². The fourth-order valence-electron chi connectivity index (χ4n) is 6.10.